The Morgan fingerprint density at radius 3 is 2.56 bits per heavy atom. The molecule has 0 radical (unpaired) electrons. The zero-order valence-corrected chi connectivity index (χ0v) is 15.8. The van der Waals surface area contributed by atoms with E-state index >= 15 is 0 Å². The number of pyridine rings is 1. The maximum absolute atomic E-state index is 5.25. The summed E-state index contributed by atoms with van der Waals surface area (Å²) in [6.07, 6.45) is 5.53. The van der Waals surface area contributed by atoms with Crippen LogP contribution in [0.15, 0.2) is 60.0 Å². The highest BCUT2D eigenvalue weighted by atomic mass is 16.5. The van der Waals surface area contributed by atoms with E-state index in [-0.39, 0.29) is 0 Å². The quantitative estimate of drug-likeness (QED) is 0.519. The summed E-state index contributed by atoms with van der Waals surface area (Å²) in [7, 11) is 3.42. The number of nitrogens with one attached hydrogen (secondary N) is 2. The predicted octanol–water partition coefficient (Wildman–Crippen LogP) is 2.45. The van der Waals surface area contributed by atoms with E-state index in [9.17, 15) is 0 Å². The molecule has 3 aromatic rings. The van der Waals surface area contributed by atoms with Crippen molar-refractivity contribution in [1.82, 2.24) is 25.2 Å². The van der Waals surface area contributed by atoms with Gasteiger partial charge < -0.3 is 15.4 Å². The predicted molar refractivity (Wildman–Crippen MR) is 106 cm³/mol. The Kier molecular flexibility index (Phi) is 6.04. The average molecular weight is 364 g/mol. The SMILES string of the molecule is CN=C(NCc1ccc(-n2ccnc2C)nc1)NCc1cccc(OC)c1. The molecule has 140 valence electrons. The summed E-state index contributed by atoms with van der Waals surface area (Å²) in [5.74, 6) is 3.34. The molecule has 0 spiro atoms. The number of guanidine groups is 1. The number of aryl methyl sites for hydroxylation is 1. The third-order valence-electron chi connectivity index (χ3n) is 4.16. The van der Waals surface area contributed by atoms with Gasteiger partial charge in [0.25, 0.3) is 0 Å². The van der Waals surface area contributed by atoms with E-state index in [4.69, 9.17) is 4.74 Å². The van der Waals surface area contributed by atoms with Crippen molar-refractivity contribution >= 4 is 5.96 Å². The molecule has 3 rings (SSSR count). The molecule has 0 atom stereocenters. The Labute approximate surface area is 159 Å². The summed E-state index contributed by atoms with van der Waals surface area (Å²) in [5.41, 5.74) is 2.19. The van der Waals surface area contributed by atoms with Gasteiger partial charge >= 0.3 is 0 Å². The van der Waals surface area contributed by atoms with E-state index in [0.717, 1.165) is 34.5 Å². The van der Waals surface area contributed by atoms with Crippen LogP contribution < -0.4 is 15.4 Å². The van der Waals surface area contributed by atoms with E-state index in [2.05, 4.69) is 25.6 Å². The lowest BCUT2D eigenvalue weighted by Gasteiger charge is -2.13. The lowest BCUT2D eigenvalue weighted by Crippen LogP contribution is -2.36. The summed E-state index contributed by atoms with van der Waals surface area (Å²) in [6.45, 7) is 3.25. The van der Waals surface area contributed by atoms with Crippen molar-refractivity contribution in [1.29, 1.82) is 0 Å². The molecule has 0 aliphatic heterocycles. The Balaban J connectivity index is 1.54. The first kappa shape index (κ1) is 18.4. The number of imidazole rings is 1. The van der Waals surface area contributed by atoms with Crippen molar-refractivity contribution < 1.29 is 4.74 Å². The number of aromatic nitrogens is 3. The van der Waals surface area contributed by atoms with E-state index in [1.165, 1.54) is 0 Å². The Hall–Kier alpha value is -3.35. The molecule has 0 unspecified atom stereocenters. The first-order valence-corrected chi connectivity index (χ1v) is 8.72. The second-order valence-electron chi connectivity index (χ2n) is 6.00. The smallest absolute Gasteiger partial charge is 0.191 e. The van der Waals surface area contributed by atoms with Gasteiger partial charge in [-0.25, -0.2) is 9.97 Å². The largest absolute Gasteiger partial charge is 0.497 e. The van der Waals surface area contributed by atoms with Gasteiger partial charge in [0.15, 0.2) is 5.96 Å². The molecule has 0 saturated carbocycles. The molecule has 2 aromatic heterocycles. The molecule has 2 heterocycles. The highest BCUT2D eigenvalue weighted by Crippen LogP contribution is 2.12. The van der Waals surface area contributed by atoms with Gasteiger partial charge in [-0.3, -0.25) is 9.56 Å². The Morgan fingerprint density at radius 2 is 1.93 bits per heavy atom. The summed E-state index contributed by atoms with van der Waals surface area (Å²) < 4.78 is 7.20. The number of ether oxygens (including phenoxy) is 1. The van der Waals surface area contributed by atoms with Crippen molar-refractivity contribution in [3.05, 3.63) is 71.9 Å². The number of aliphatic imine (C=N–C) groups is 1. The van der Waals surface area contributed by atoms with Crippen molar-refractivity contribution in [2.24, 2.45) is 4.99 Å². The van der Waals surface area contributed by atoms with Gasteiger partial charge in [0.2, 0.25) is 0 Å². The molecule has 0 saturated heterocycles. The first-order chi connectivity index (χ1) is 13.2. The Morgan fingerprint density at radius 1 is 1.11 bits per heavy atom. The van der Waals surface area contributed by atoms with Gasteiger partial charge in [-0.15, -0.1) is 0 Å². The maximum Gasteiger partial charge on any atom is 0.191 e. The summed E-state index contributed by atoms with van der Waals surface area (Å²) in [5, 5.41) is 6.60. The third kappa shape index (κ3) is 4.84. The number of hydrogen-bond donors (Lipinski definition) is 2. The molecule has 0 aliphatic rings. The zero-order chi connectivity index (χ0) is 19.1. The van der Waals surface area contributed by atoms with Gasteiger partial charge in [-0.05, 0) is 36.2 Å². The van der Waals surface area contributed by atoms with Crippen LogP contribution in [0.2, 0.25) is 0 Å². The van der Waals surface area contributed by atoms with E-state index in [1.807, 2.05) is 60.3 Å². The lowest BCUT2D eigenvalue weighted by molar-refractivity contribution is 0.414. The Bertz CT molecular complexity index is 901. The molecular formula is C20H24N6O. The molecule has 7 heteroatoms. The van der Waals surface area contributed by atoms with Gasteiger partial charge in [-0.2, -0.15) is 0 Å². The second-order valence-corrected chi connectivity index (χ2v) is 6.00. The number of benzene rings is 1. The molecule has 0 aliphatic carbocycles. The summed E-state index contributed by atoms with van der Waals surface area (Å²) >= 11 is 0. The fourth-order valence-corrected chi connectivity index (χ4v) is 2.66. The highest BCUT2D eigenvalue weighted by Gasteiger charge is 2.03. The topological polar surface area (TPSA) is 76.4 Å². The summed E-state index contributed by atoms with van der Waals surface area (Å²) in [6, 6.07) is 12.0. The van der Waals surface area contributed by atoms with Gasteiger partial charge in [0.05, 0.1) is 7.11 Å². The highest BCUT2D eigenvalue weighted by molar-refractivity contribution is 5.79. The lowest BCUT2D eigenvalue weighted by atomic mass is 10.2. The monoisotopic (exact) mass is 364 g/mol. The minimum Gasteiger partial charge on any atom is -0.497 e. The van der Waals surface area contributed by atoms with Crippen molar-refractivity contribution in [3.63, 3.8) is 0 Å². The van der Waals surface area contributed by atoms with E-state index < -0.39 is 0 Å². The molecule has 0 fully saturated rings. The van der Waals surface area contributed by atoms with Crippen LogP contribution >= 0.6 is 0 Å². The van der Waals surface area contributed by atoms with Crippen molar-refractivity contribution in [2.45, 2.75) is 20.0 Å². The average Bonchev–Trinajstić information content (AvgIpc) is 3.14. The first-order valence-electron chi connectivity index (χ1n) is 8.72. The zero-order valence-electron chi connectivity index (χ0n) is 15.8. The maximum atomic E-state index is 5.25. The number of hydrogen-bond acceptors (Lipinski definition) is 4. The van der Waals surface area contributed by atoms with Crippen LogP contribution in [0, 0.1) is 6.92 Å². The van der Waals surface area contributed by atoms with Crippen molar-refractivity contribution in [3.8, 4) is 11.6 Å². The molecule has 2 N–H and O–H groups in total. The van der Waals surface area contributed by atoms with Crippen LogP contribution in [0.1, 0.15) is 17.0 Å². The molecular weight excluding hydrogens is 340 g/mol. The molecule has 7 nitrogen and oxygen atoms in total. The normalized spacial score (nSPS) is 11.3. The van der Waals surface area contributed by atoms with Gasteiger partial charge in [-0.1, -0.05) is 18.2 Å². The molecule has 0 bridgehead atoms. The number of rotatable bonds is 6. The van der Waals surface area contributed by atoms with Crippen LogP contribution in [0.5, 0.6) is 5.75 Å². The van der Waals surface area contributed by atoms with Crippen LogP contribution in [-0.4, -0.2) is 34.7 Å². The number of nitrogens with zero attached hydrogens (tertiary/aromatic N) is 4. The van der Waals surface area contributed by atoms with Crippen LogP contribution in [0.4, 0.5) is 0 Å². The van der Waals surface area contributed by atoms with Crippen LogP contribution in [0.3, 0.4) is 0 Å². The molecule has 27 heavy (non-hydrogen) atoms. The fourth-order valence-electron chi connectivity index (χ4n) is 2.66. The molecule has 1 aromatic carbocycles. The van der Waals surface area contributed by atoms with Crippen molar-refractivity contribution in [2.75, 3.05) is 14.2 Å². The summed E-state index contributed by atoms with van der Waals surface area (Å²) in [4.78, 5) is 13.0. The molecule has 0 amide bonds. The van der Waals surface area contributed by atoms with Crippen LogP contribution in [0.25, 0.3) is 5.82 Å². The van der Waals surface area contributed by atoms with Gasteiger partial charge in [0, 0.05) is 38.7 Å². The van der Waals surface area contributed by atoms with E-state index in [1.54, 1.807) is 20.4 Å². The third-order valence-corrected chi connectivity index (χ3v) is 4.16. The second kappa shape index (κ2) is 8.84. The number of methoxy groups -OCH3 is 1. The minimum atomic E-state index is 0.633. The van der Waals surface area contributed by atoms with Crippen LogP contribution in [-0.2, 0) is 13.1 Å². The van der Waals surface area contributed by atoms with E-state index in [0.29, 0.717) is 13.1 Å². The standard InChI is InChI=1S/C20H24N6O/c1-15-22-9-10-26(15)19-8-7-17(13-23-19)14-25-20(21-2)24-12-16-5-4-6-18(11-16)27-3/h4-11,13H,12,14H2,1-3H3,(H2,21,24,25). The van der Waals surface area contributed by atoms with Gasteiger partial charge in [0.1, 0.15) is 17.4 Å². The fraction of sp³-hybridized carbons (Fsp3) is 0.250. The minimum absolute atomic E-state index is 0.633.